The van der Waals surface area contributed by atoms with Crippen LogP contribution in [0.2, 0.25) is 0 Å². The second-order valence-corrected chi connectivity index (χ2v) is 15.6. The largest absolute Gasteiger partial charge is 0.490 e. The number of carboxylic acid groups (broad SMARTS) is 1. The van der Waals surface area contributed by atoms with Crippen molar-refractivity contribution >= 4 is 21.7 Å². The molecule has 4 atom stereocenters. The lowest BCUT2D eigenvalue weighted by atomic mass is 9.81. The zero-order chi connectivity index (χ0) is 37.1. The average molecular weight is 739 g/mol. The molecule has 2 aliphatic heterocycles. The molecule has 12 heteroatoms. The van der Waals surface area contributed by atoms with Gasteiger partial charge >= 0.3 is 5.97 Å². The van der Waals surface area contributed by atoms with Gasteiger partial charge in [-0.05, 0) is 73.6 Å². The predicted molar refractivity (Wildman–Crippen MR) is 199 cm³/mol. The van der Waals surface area contributed by atoms with Crippen molar-refractivity contribution < 1.29 is 42.0 Å². The van der Waals surface area contributed by atoms with Gasteiger partial charge in [0.2, 0.25) is 10.0 Å². The van der Waals surface area contributed by atoms with Crippen LogP contribution in [-0.2, 0) is 47.0 Å². The standard InChI is InChI=1S/C40H54N2O9S/c1-5-32(40(43)44)24-34-25-36(33-12-9-30(10-13-33)27-49-22-21-48-4)39(26-42(34)52(45,46)35-14-7-29(2)8-15-35)51-28-31-11-16-38-37(23-31)41(18-20-50-38)17-6-19-47-3/h7-16,23,32,34,36,39H,5-6,17-22,24-28H2,1-4H3,(H,43,44)/t32-,34+,36-,39+/m1/s1. The third kappa shape index (κ3) is 10.1. The summed E-state index contributed by atoms with van der Waals surface area (Å²) in [5.41, 5.74) is 4.93. The smallest absolute Gasteiger partial charge is 0.306 e. The van der Waals surface area contributed by atoms with Gasteiger partial charge in [0.05, 0.1) is 55.6 Å². The van der Waals surface area contributed by atoms with Crippen LogP contribution < -0.4 is 9.64 Å². The molecule has 2 aliphatic rings. The number of benzene rings is 3. The first-order valence-electron chi connectivity index (χ1n) is 18.2. The van der Waals surface area contributed by atoms with Crippen molar-refractivity contribution in [2.75, 3.05) is 65.2 Å². The molecule has 11 nitrogen and oxygen atoms in total. The van der Waals surface area contributed by atoms with E-state index in [0.717, 1.165) is 53.2 Å². The highest BCUT2D eigenvalue weighted by Crippen LogP contribution is 2.40. The van der Waals surface area contributed by atoms with Gasteiger partial charge in [-0.15, -0.1) is 0 Å². The molecule has 0 bridgehead atoms. The molecule has 0 saturated carbocycles. The Morgan fingerprint density at radius 1 is 0.962 bits per heavy atom. The van der Waals surface area contributed by atoms with Gasteiger partial charge in [-0.1, -0.05) is 55.0 Å². The van der Waals surface area contributed by atoms with Crippen LogP contribution in [0.15, 0.2) is 71.6 Å². The highest BCUT2D eigenvalue weighted by atomic mass is 32.2. The molecular formula is C40H54N2O9S. The number of aryl methyl sites for hydroxylation is 1. The van der Waals surface area contributed by atoms with E-state index in [4.69, 9.17) is 23.7 Å². The maximum atomic E-state index is 14.4. The maximum absolute atomic E-state index is 14.4. The first-order valence-corrected chi connectivity index (χ1v) is 19.7. The summed E-state index contributed by atoms with van der Waals surface area (Å²) in [5.74, 6) is -0.960. The third-order valence-electron chi connectivity index (χ3n) is 10.1. The van der Waals surface area contributed by atoms with E-state index < -0.39 is 34.1 Å². The van der Waals surface area contributed by atoms with E-state index in [0.29, 0.717) is 45.9 Å². The van der Waals surface area contributed by atoms with E-state index >= 15 is 0 Å². The van der Waals surface area contributed by atoms with Crippen molar-refractivity contribution in [3.8, 4) is 5.75 Å². The summed E-state index contributed by atoms with van der Waals surface area (Å²) in [4.78, 5) is 14.8. The number of aliphatic carboxylic acids is 1. The number of anilines is 1. The Morgan fingerprint density at radius 2 is 1.69 bits per heavy atom. The van der Waals surface area contributed by atoms with E-state index in [1.54, 1.807) is 38.5 Å². The van der Waals surface area contributed by atoms with E-state index in [-0.39, 0.29) is 30.4 Å². The lowest BCUT2D eigenvalue weighted by molar-refractivity contribution is -0.142. The van der Waals surface area contributed by atoms with Crippen molar-refractivity contribution in [3.63, 3.8) is 0 Å². The molecule has 52 heavy (non-hydrogen) atoms. The first-order chi connectivity index (χ1) is 25.1. The molecule has 2 heterocycles. The van der Waals surface area contributed by atoms with Gasteiger partial charge in [0, 0.05) is 45.9 Å². The molecule has 0 radical (unpaired) electrons. The first kappa shape index (κ1) is 39.7. The Hall–Kier alpha value is -3.52. The number of fused-ring (bicyclic) bond motifs is 1. The lowest BCUT2D eigenvalue weighted by Crippen LogP contribution is -2.53. The SMILES string of the molecule is CC[C@H](C[C@H]1C[C@H](c2ccc(COCCOC)cc2)[C@@H](OCc2ccc3c(c2)N(CCCOC)CCO3)CN1S(=O)(=O)c1ccc(C)cc1)C(=O)O. The molecule has 3 aromatic carbocycles. The number of nitrogens with zero attached hydrogens (tertiary/aromatic N) is 2. The van der Waals surface area contributed by atoms with Crippen molar-refractivity contribution in [2.45, 2.75) is 75.7 Å². The van der Waals surface area contributed by atoms with Crippen LogP contribution in [0.4, 0.5) is 5.69 Å². The van der Waals surface area contributed by atoms with Crippen molar-refractivity contribution in [2.24, 2.45) is 5.92 Å². The summed E-state index contributed by atoms with van der Waals surface area (Å²) in [6.45, 7) is 8.46. The van der Waals surface area contributed by atoms with Crippen LogP contribution >= 0.6 is 0 Å². The zero-order valence-electron chi connectivity index (χ0n) is 30.9. The van der Waals surface area contributed by atoms with E-state index in [2.05, 4.69) is 23.1 Å². The fraction of sp³-hybridized carbons (Fsp3) is 0.525. The maximum Gasteiger partial charge on any atom is 0.306 e. The average Bonchev–Trinajstić information content (AvgIpc) is 3.15. The lowest BCUT2D eigenvalue weighted by Gasteiger charge is -2.44. The summed E-state index contributed by atoms with van der Waals surface area (Å²) < 4.78 is 59.1. The third-order valence-corrected chi connectivity index (χ3v) is 12.0. The predicted octanol–water partition coefficient (Wildman–Crippen LogP) is 6.03. The van der Waals surface area contributed by atoms with Crippen LogP contribution in [0.5, 0.6) is 5.75 Å². The van der Waals surface area contributed by atoms with Gasteiger partial charge in [0.15, 0.2) is 0 Å². The van der Waals surface area contributed by atoms with Crippen LogP contribution in [0.25, 0.3) is 0 Å². The topological polar surface area (TPSA) is 124 Å². The summed E-state index contributed by atoms with van der Waals surface area (Å²) >= 11 is 0. The van der Waals surface area contributed by atoms with Crippen molar-refractivity contribution in [1.29, 1.82) is 0 Å². The van der Waals surface area contributed by atoms with Gasteiger partial charge in [0.1, 0.15) is 12.4 Å². The molecular weight excluding hydrogens is 685 g/mol. The van der Waals surface area contributed by atoms with E-state index in [1.165, 1.54) is 4.31 Å². The van der Waals surface area contributed by atoms with Gasteiger partial charge in [-0.25, -0.2) is 8.42 Å². The minimum Gasteiger partial charge on any atom is -0.490 e. The molecule has 3 aromatic rings. The Morgan fingerprint density at radius 3 is 2.38 bits per heavy atom. The Balaban J connectivity index is 1.46. The number of piperidine rings is 1. The minimum absolute atomic E-state index is 0.0840. The summed E-state index contributed by atoms with van der Waals surface area (Å²) in [7, 11) is -0.636. The minimum atomic E-state index is -3.98. The molecule has 5 rings (SSSR count). The Labute approximate surface area is 308 Å². The van der Waals surface area contributed by atoms with Gasteiger partial charge in [0.25, 0.3) is 0 Å². The van der Waals surface area contributed by atoms with Crippen molar-refractivity contribution in [3.05, 3.63) is 89.0 Å². The number of sulfonamides is 1. The van der Waals surface area contributed by atoms with Crippen LogP contribution in [0.1, 0.15) is 60.8 Å². The number of rotatable bonds is 19. The second kappa shape index (κ2) is 19.0. The molecule has 284 valence electrons. The molecule has 0 amide bonds. The van der Waals surface area contributed by atoms with E-state index in [1.807, 2.05) is 38.1 Å². The number of carboxylic acids is 1. The second-order valence-electron chi connectivity index (χ2n) is 13.7. The Kier molecular flexibility index (Phi) is 14.5. The number of hydrogen-bond acceptors (Lipinski definition) is 9. The molecule has 1 fully saturated rings. The highest BCUT2D eigenvalue weighted by molar-refractivity contribution is 7.89. The molecule has 0 unspecified atom stereocenters. The van der Waals surface area contributed by atoms with Crippen molar-refractivity contribution in [1.82, 2.24) is 4.31 Å². The summed E-state index contributed by atoms with van der Waals surface area (Å²) in [6.07, 6.45) is 1.41. The number of carbonyl (C=O) groups is 1. The number of methoxy groups -OCH3 is 2. The fourth-order valence-electron chi connectivity index (χ4n) is 7.10. The molecule has 0 aromatic heterocycles. The zero-order valence-corrected chi connectivity index (χ0v) is 31.7. The van der Waals surface area contributed by atoms with Gasteiger partial charge in [-0.2, -0.15) is 4.31 Å². The van der Waals surface area contributed by atoms with E-state index in [9.17, 15) is 18.3 Å². The summed E-state index contributed by atoms with van der Waals surface area (Å²) in [5, 5.41) is 10.1. The molecule has 1 saturated heterocycles. The quantitative estimate of drug-likeness (QED) is 0.146. The molecule has 0 aliphatic carbocycles. The van der Waals surface area contributed by atoms with Gasteiger partial charge in [-0.3, -0.25) is 4.79 Å². The van der Waals surface area contributed by atoms with Crippen LogP contribution in [-0.4, -0.2) is 96.2 Å². The monoisotopic (exact) mass is 738 g/mol. The Bertz CT molecular complexity index is 1680. The van der Waals surface area contributed by atoms with Crippen LogP contribution in [0, 0.1) is 12.8 Å². The van der Waals surface area contributed by atoms with Gasteiger partial charge < -0.3 is 33.7 Å². The normalized spacial score (nSPS) is 19.9. The number of ether oxygens (including phenoxy) is 5. The van der Waals surface area contributed by atoms with Crippen LogP contribution in [0.3, 0.4) is 0 Å². The number of hydrogen-bond donors (Lipinski definition) is 1. The highest BCUT2D eigenvalue weighted by Gasteiger charge is 2.44. The molecule has 0 spiro atoms. The molecule has 1 N–H and O–H groups in total. The summed E-state index contributed by atoms with van der Waals surface area (Å²) in [6, 6.07) is 20.5. The fourth-order valence-corrected chi connectivity index (χ4v) is 8.76.